The zero-order chi connectivity index (χ0) is 8.97. The molecular weight excluding hydrogens is 172 g/mol. The summed E-state index contributed by atoms with van der Waals surface area (Å²) in [4.78, 5) is 2.03. The van der Waals surface area contributed by atoms with Crippen LogP contribution in [0, 0.1) is 5.92 Å². The molecule has 1 rings (SSSR count). The van der Waals surface area contributed by atoms with Crippen molar-refractivity contribution < 1.29 is 5.11 Å². The van der Waals surface area contributed by atoms with Gasteiger partial charge in [0.2, 0.25) is 0 Å². The number of piperidine rings is 1. The van der Waals surface area contributed by atoms with Crippen LogP contribution in [0.2, 0.25) is 0 Å². The molecule has 1 aliphatic rings. The number of hydrogen-bond acceptors (Lipinski definition) is 2. The molecule has 3 N–H and O–H groups in total. The molecule has 4 heteroatoms. The van der Waals surface area contributed by atoms with Crippen molar-refractivity contribution in [2.45, 2.75) is 19.3 Å². The monoisotopic (exact) mass is 188 g/mol. The van der Waals surface area contributed by atoms with Crippen molar-refractivity contribution in [2.24, 2.45) is 11.7 Å². The normalized spacial score (nSPS) is 24.1. The Morgan fingerprint density at radius 3 is 3.00 bits per heavy atom. The van der Waals surface area contributed by atoms with Crippen LogP contribution < -0.4 is 5.73 Å². The van der Waals surface area contributed by atoms with Gasteiger partial charge < -0.3 is 15.7 Å². The lowest BCUT2D eigenvalue weighted by molar-refractivity contribution is 0.198. The molecule has 1 aliphatic heterocycles. The summed E-state index contributed by atoms with van der Waals surface area (Å²) < 4.78 is 0. The Kier molecular flexibility index (Phi) is 3.75. The second kappa shape index (κ2) is 4.62. The Bertz CT molecular complexity index is 161. The SMILES string of the molecule is NC(=S)N1CCCC(CCO)C1. The largest absolute Gasteiger partial charge is 0.396 e. The maximum absolute atomic E-state index is 8.76. The van der Waals surface area contributed by atoms with Gasteiger partial charge in [0.25, 0.3) is 0 Å². The fourth-order valence-electron chi connectivity index (χ4n) is 1.68. The summed E-state index contributed by atoms with van der Waals surface area (Å²) >= 11 is 4.89. The maximum atomic E-state index is 8.76. The molecule has 0 saturated carbocycles. The Morgan fingerprint density at radius 1 is 1.67 bits per heavy atom. The highest BCUT2D eigenvalue weighted by Crippen LogP contribution is 2.18. The second-order valence-corrected chi connectivity index (χ2v) is 3.72. The molecule has 1 atom stereocenters. The van der Waals surface area contributed by atoms with Crippen molar-refractivity contribution in [3.8, 4) is 0 Å². The molecule has 3 nitrogen and oxygen atoms in total. The van der Waals surface area contributed by atoms with Gasteiger partial charge in [-0.3, -0.25) is 0 Å². The summed E-state index contributed by atoms with van der Waals surface area (Å²) in [5.41, 5.74) is 5.52. The van der Waals surface area contributed by atoms with E-state index in [2.05, 4.69) is 0 Å². The summed E-state index contributed by atoms with van der Waals surface area (Å²) in [6, 6.07) is 0. The molecule has 1 heterocycles. The van der Waals surface area contributed by atoms with Crippen LogP contribution in [0.3, 0.4) is 0 Å². The molecule has 0 aromatic rings. The highest BCUT2D eigenvalue weighted by Gasteiger charge is 2.19. The van der Waals surface area contributed by atoms with Crippen LogP contribution in [0.4, 0.5) is 0 Å². The van der Waals surface area contributed by atoms with E-state index in [1.807, 2.05) is 4.90 Å². The molecule has 0 bridgehead atoms. The van der Waals surface area contributed by atoms with E-state index < -0.39 is 0 Å². The van der Waals surface area contributed by atoms with Crippen molar-refractivity contribution in [3.05, 3.63) is 0 Å². The molecule has 1 unspecified atom stereocenters. The number of nitrogens with zero attached hydrogens (tertiary/aromatic N) is 1. The summed E-state index contributed by atoms with van der Waals surface area (Å²) in [6.07, 6.45) is 3.21. The van der Waals surface area contributed by atoms with Gasteiger partial charge in [0.05, 0.1) is 0 Å². The number of aliphatic hydroxyl groups is 1. The smallest absolute Gasteiger partial charge is 0.166 e. The van der Waals surface area contributed by atoms with Gasteiger partial charge in [-0.2, -0.15) is 0 Å². The van der Waals surface area contributed by atoms with Gasteiger partial charge in [0.1, 0.15) is 0 Å². The van der Waals surface area contributed by atoms with Crippen LogP contribution >= 0.6 is 12.2 Å². The van der Waals surface area contributed by atoms with Gasteiger partial charge in [-0.1, -0.05) is 0 Å². The highest BCUT2D eigenvalue weighted by molar-refractivity contribution is 7.80. The standard InChI is InChI=1S/C8H16N2OS/c9-8(12)10-4-1-2-7(6-10)3-5-11/h7,11H,1-6H2,(H2,9,12). The maximum Gasteiger partial charge on any atom is 0.166 e. The highest BCUT2D eigenvalue weighted by atomic mass is 32.1. The minimum Gasteiger partial charge on any atom is -0.396 e. The third-order valence-corrected chi connectivity index (χ3v) is 2.63. The van der Waals surface area contributed by atoms with Crippen molar-refractivity contribution in [2.75, 3.05) is 19.7 Å². The van der Waals surface area contributed by atoms with Crippen LogP contribution in [0.1, 0.15) is 19.3 Å². The zero-order valence-electron chi connectivity index (χ0n) is 7.20. The summed E-state index contributed by atoms with van der Waals surface area (Å²) in [5, 5.41) is 9.26. The van der Waals surface area contributed by atoms with Crippen molar-refractivity contribution >= 4 is 17.3 Å². The molecule has 0 spiro atoms. The van der Waals surface area contributed by atoms with E-state index in [1.165, 1.54) is 6.42 Å². The van der Waals surface area contributed by atoms with E-state index >= 15 is 0 Å². The number of thiocarbonyl (C=S) groups is 1. The third-order valence-electron chi connectivity index (χ3n) is 2.37. The van der Waals surface area contributed by atoms with Gasteiger partial charge in [-0.15, -0.1) is 0 Å². The molecule has 0 aromatic carbocycles. The van der Waals surface area contributed by atoms with Gasteiger partial charge in [-0.25, -0.2) is 0 Å². The number of likely N-dealkylation sites (tertiary alicyclic amines) is 1. The first kappa shape index (κ1) is 9.74. The Balaban J connectivity index is 2.35. The summed E-state index contributed by atoms with van der Waals surface area (Å²) in [6.45, 7) is 2.18. The van der Waals surface area contributed by atoms with Crippen molar-refractivity contribution in [1.29, 1.82) is 0 Å². The van der Waals surface area contributed by atoms with E-state index in [1.54, 1.807) is 0 Å². The van der Waals surface area contributed by atoms with Crippen LogP contribution in [0.25, 0.3) is 0 Å². The van der Waals surface area contributed by atoms with Crippen molar-refractivity contribution in [3.63, 3.8) is 0 Å². The molecule has 12 heavy (non-hydrogen) atoms. The predicted molar refractivity (Wildman–Crippen MR) is 52.8 cm³/mol. The van der Waals surface area contributed by atoms with E-state index in [9.17, 15) is 0 Å². The third kappa shape index (κ3) is 2.60. The van der Waals surface area contributed by atoms with Gasteiger partial charge in [0, 0.05) is 19.7 Å². The first-order chi connectivity index (χ1) is 5.74. The number of rotatable bonds is 2. The number of hydrogen-bond donors (Lipinski definition) is 2. The molecule has 1 saturated heterocycles. The fraction of sp³-hybridized carbons (Fsp3) is 0.875. The lowest BCUT2D eigenvalue weighted by Gasteiger charge is -2.32. The van der Waals surface area contributed by atoms with E-state index in [4.69, 9.17) is 23.1 Å². The molecule has 0 radical (unpaired) electrons. The Labute approximate surface area is 78.5 Å². The molecule has 0 amide bonds. The fourth-order valence-corrected chi connectivity index (χ4v) is 1.85. The Morgan fingerprint density at radius 2 is 2.42 bits per heavy atom. The molecular formula is C8H16N2OS. The molecule has 1 fully saturated rings. The summed E-state index contributed by atoms with van der Waals surface area (Å²) in [5.74, 6) is 0.574. The van der Waals surface area contributed by atoms with Crippen LogP contribution in [-0.4, -0.2) is 34.8 Å². The average molecular weight is 188 g/mol. The molecule has 0 aliphatic carbocycles. The van der Waals surface area contributed by atoms with Crippen LogP contribution in [0.5, 0.6) is 0 Å². The van der Waals surface area contributed by atoms with Gasteiger partial charge in [0.15, 0.2) is 5.11 Å². The van der Waals surface area contributed by atoms with Crippen LogP contribution in [0.15, 0.2) is 0 Å². The van der Waals surface area contributed by atoms with E-state index in [0.717, 1.165) is 25.9 Å². The first-order valence-electron chi connectivity index (χ1n) is 4.39. The molecule has 0 aromatic heterocycles. The topological polar surface area (TPSA) is 49.5 Å². The second-order valence-electron chi connectivity index (χ2n) is 3.30. The minimum absolute atomic E-state index is 0.274. The molecule has 70 valence electrons. The zero-order valence-corrected chi connectivity index (χ0v) is 8.02. The Hall–Kier alpha value is -0.350. The van der Waals surface area contributed by atoms with E-state index in [0.29, 0.717) is 11.0 Å². The number of aliphatic hydroxyl groups excluding tert-OH is 1. The van der Waals surface area contributed by atoms with Gasteiger partial charge >= 0.3 is 0 Å². The quantitative estimate of drug-likeness (QED) is 0.613. The minimum atomic E-state index is 0.274. The van der Waals surface area contributed by atoms with Crippen molar-refractivity contribution in [1.82, 2.24) is 4.90 Å². The summed E-state index contributed by atoms with van der Waals surface area (Å²) in [7, 11) is 0. The van der Waals surface area contributed by atoms with Crippen LogP contribution in [-0.2, 0) is 0 Å². The number of nitrogens with two attached hydrogens (primary N) is 1. The average Bonchev–Trinajstić information content (AvgIpc) is 2.05. The lowest BCUT2D eigenvalue weighted by Crippen LogP contribution is -2.42. The first-order valence-corrected chi connectivity index (χ1v) is 4.80. The lowest BCUT2D eigenvalue weighted by atomic mass is 9.95. The van der Waals surface area contributed by atoms with E-state index in [-0.39, 0.29) is 6.61 Å². The predicted octanol–water partition coefficient (Wildman–Crippen LogP) is 0.324. The van der Waals surface area contributed by atoms with Gasteiger partial charge in [-0.05, 0) is 37.4 Å².